The molecular formula is C12H11BrClN3. The van der Waals surface area contributed by atoms with Crippen LogP contribution in [0.5, 0.6) is 0 Å². The average molecular weight is 313 g/mol. The Morgan fingerprint density at radius 1 is 1.29 bits per heavy atom. The van der Waals surface area contributed by atoms with E-state index in [2.05, 4.69) is 43.3 Å². The van der Waals surface area contributed by atoms with Crippen LogP contribution in [-0.4, -0.2) is 9.97 Å². The van der Waals surface area contributed by atoms with Gasteiger partial charge in [0.1, 0.15) is 5.82 Å². The van der Waals surface area contributed by atoms with Crippen LogP contribution < -0.4 is 5.32 Å². The number of nitrogens with zero attached hydrogens (tertiary/aromatic N) is 2. The maximum absolute atomic E-state index is 5.75. The van der Waals surface area contributed by atoms with E-state index in [0.717, 1.165) is 15.9 Å². The Morgan fingerprint density at radius 3 is 2.71 bits per heavy atom. The second-order valence-electron chi connectivity index (χ2n) is 3.65. The average Bonchev–Trinajstić information content (AvgIpc) is 2.32. The summed E-state index contributed by atoms with van der Waals surface area (Å²) in [6.45, 7) is 2.65. The number of hydrogen-bond acceptors (Lipinski definition) is 3. The number of anilines is 1. The molecule has 1 aromatic carbocycles. The van der Waals surface area contributed by atoms with E-state index in [1.165, 1.54) is 5.56 Å². The number of nitrogens with one attached hydrogen (secondary N) is 1. The molecule has 0 saturated heterocycles. The van der Waals surface area contributed by atoms with E-state index in [9.17, 15) is 0 Å². The minimum Gasteiger partial charge on any atom is -0.366 e. The van der Waals surface area contributed by atoms with E-state index in [1.54, 1.807) is 6.20 Å². The van der Waals surface area contributed by atoms with Gasteiger partial charge in [-0.3, -0.25) is 0 Å². The van der Waals surface area contributed by atoms with Gasteiger partial charge in [0, 0.05) is 22.8 Å². The molecule has 1 N–H and O–H groups in total. The third-order valence-electron chi connectivity index (χ3n) is 2.32. The summed E-state index contributed by atoms with van der Waals surface area (Å²) < 4.78 is 1.07. The Balaban J connectivity index is 2.07. The molecule has 1 aromatic heterocycles. The molecule has 0 aliphatic rings. The van der Waals surface area contributed by atoms with Gasteiger partial charge in [-0.2, -0.15) is 0 Å². The Kier molecular flexibility index (Phi) is 3.97. The van der Waals surface area contributed by atoms with Crippen LogP contribution in [0, 0.1) is 6.92 Å². The molecule has 2 aromatic rings. The fourth-order valence-corrected chi connectivity index (χ4v) is 1.79. The molecular weight excluding hydrogens is 302 g/mol. The van der Waals surface area contributed by atoms with Crippen molar-refractivity contribution in [2.24, 2.45) is 0 Å². The third-order valence-corrected chi connectivity index (χ3v) is 3.03. The largest absolute Gasteiger partial charge is 0.366 e. The highest BCUT2D eigenvalue weighted by Gasteiger charge is 2.01. The summed E-state index contributed by atoms with van der Waals surface area (Å²) in [5.74, 6) is 0.771. The number of benzene rings is 1. The van der Waals surface area contributed by atoms with Gasteiger partial charge in [-0.25, -0.2) is 9.97 Å². The topological polar surface area (TPSA) is 37.8 Å². The van der Waals surface area contributed by atoms with E-state index >= 15 is 0 Å². The van der Waals surface area contributed by atoms with Crippen molar-refractivity contribution >= 4 is 33.3 Å². The smallest absolute Gasteiger partial charge is 0.224 e. The van der Waals surface area contributed by atoms with E-state index < -0.39 is 0 Å². The van der Waals surface area contributed by atoms with Gasteiger partial charge in [-0.15, -0.1) is 0 Å². The van der Waals surface area contributed by atoms with Crippen molar-refractivity contribution in [1.82, 2.24) is 9.97 Å². The van der Waals surface area contributed by atoms with Gasteiger partial charge >= 0.3 is 0 Å². The van der Waals surface area contributed by atoms with Crippen LogP contribution in [0.1, 0.15) is 11.1 Å². The van der Waals surface area contributed by atoms with E-state index in [-0.39, 0.29) is 5.28 Å². The molecule has 5 heteroatoms. The molecule has 0 amide bonds. The van der Waals surface area contributed by atoms with Gasteiger partial charge in [-0.05, 0) is 36.2 Å². The van der Waals surface area contributed by atoms with Crippen LogP contribution in [0.25, 0.3) is 0 Å². The summed E-state index contributed by atoms with van der Waals surface area (Å²) in [5.41, 5.74) is 2.16. The molecule has 0 radical (unpaired) electrons. The molecule has 0 aliphatic carbocycles. The van der Waals surface area contributed by atoms with E-state index in [0.29, 0.717) is 6.54 Å². The number of rotatable bonds is 3. The van der Waals surface area contributed by atoms with Crippen LogP contribution in [0.4, 0.5) is 5.82 Å². The summed E-state index contributed by atoms with van der Waals surface area (Å²) in [6, 6.07) is 8.12. The molecule has 0 fully saturated rings. The number of hydrogen-bond donors (Lipinski definition) is 1. The standard InChI is InChI=1S/C12H11BrClN3/c1-8-6-16-12(14)17-11(8)15-7-9-2-4-10(13)5-3-9/h2-6H,7H2,1H3,(H,15,16,17). The maximum Gasteiger partial charge on any atom is 0.224 e. The Morgan fingerprint density at radius 2 is 2.00 bits per heavy atom. The normalized spacial score (nSPS) is 10.3. The molecule has 3 nitrogen and oxygen atoms in total. The van der Waals surface area contributed by atoms with Gasteiger partial charge in [0.15, 0.2) is 0 Å². The monoisotopic (exact) mass is 311 g/mol. The van der Waals surface area contributed by atoms with Crippen molar-refractivity contribution in [2.45, 2.75) is 13.5 Å². The fourth-order valence-electron chi connectivity index (χ4n) is 1.39. The molecule has 0 saturated carbocycles. The number of aromatic nitrogens is 2. The molecule has 1 heterocycles. The minimum atomic E-state index is 0.258. The lowest BCUT2D eigenvalue weighted by Crippen LogP contribution is -2.03. The summed E-state index contributed by atoms with van der Waals surface area (Å²) in [6.07, 6.45) is 1.71. The zero-order chi connectivity index (χ0) is 12.3. The maximum atomic E-state index is 5.75. The zero-order valence-electron chi connectivity index (χ0n) is 9.24. The summed E-state index contributed by atoms with van der Waals surface area (Å²) >= 11 is 9.16. The second kappa shape index (κ2) is 5.47. The van der Waals surface area contributed by atoms with Crippen molar-refractivity contribution in [3.63, 3.8) is 0 Å². The molecule has 0 atom stereocenters. The van der Waals surface area contributed by atoms with Crippen molar-refractivity contribution < 1.29 is 0 Å². The first-order valence-corrected chi connectivity index (χ1v) is 6.30. The Labute approximate surface area is 113 Å². The van der Waals surface area contributed by atoms with Crippen molar-refractivity contribution in [2.75, 3.05) is 5.32 Å². The molecule has 2 rings (SSSR count). The van der Waals surface area contributed by atoms with Gasteiger partial charge in [0.2, 0.25) is 5.28 Å². The highest BCUT2D eigenvalue weighted by atomic mass is 79.9. The predicted octanol–water partition coefficient (Wildman–Crippen LogP) is 3.81. The SMILES string of the molecule is Cc1cnc(Cl)nc1NCc1ccc(Br)cc1. The van der Waals surface area contributed by atoms with Gasteiger partial charge in [0.05, 0.1) is 0 Å². The zero-order valence-corrected chi connectivity index (χ0v) is 11.6. The van der Waals surface area contributed by atoms with Crippen molar-refractivity contribution in [3.05, 3.63) is 51.3 Å². The van der Waals surface area contributed by atoms with Crippen LogP contribution in [-0.2, 0) is 6.54 Å². The summed E-state index contributed by atoms with van der Waals surface area (Å²) in [4.78, 5) is 8.05. The van der Waals surface area contributed by atoms with Crippen LogP contribution in [0.2, 0.25) is 5.28 Å². The molecule has 88 valence electrons. The van der Waals surface area contributed by atoms with E-state index in [4.69, 9.17) is 11.6 Å². The Hall–Kier alpha value is -1.13. The fraction of sp³-hybridized carbons (Fsp3) is 0.167. The van der Waals surface area contributed by atoms with Gasteiger partial charge in [0.25, 0.3) is 0 Å². The highest BCUT2D eigenvalue weighted by molar-refractivity contribution is 9.10. The first-order chi connectivity index (χ1) is 8.15. The molecule has 0 unspecified atom stereocenters. The van der Waals surface area contributed by atoms with Crippen molar-refractivity contribution in [3.8, 4) is 0 Å². The quantitative estimate of drug-likeness (QED) is 0.876. The Bertz CT molecular complexity index is 514. The molecule has 0 spiro atoms. The van der Waals surface area contributed by atoms with Crippen LogP contribution in [0.15, 0.2) is 34.9 Å². The second-order valence-corrected chi connectivity index (χ2v) is 4.90. The number of halogens is 2. The lowest BCUT2D eigenvalue weighted by Gasteiger charge is -2.08. The lowest BCUT2D eigenvalue weighted by molar-refractivity contribution is 1.06. The minimum absolute atomic E-state index is 0.258. The number of aryl methyl sites for hydroxylation is 1. The molecule has 17 heavy (non-hydrogen) atoms. The first-order valence-electron chi connectivity index (χ1n) is 5.12. The summed E-state index contributed by atoms with van der Waals surface area (Å²) in [7, 11) is 0. The van der Waals surface area contributed by atoms with Gasteiger partial charge in [-0.1, -0.05) is 28.1 Å². The predicted molar refractivity (Wildman–Crippen MR) is 73.2 cm³/mol. The van der Waals surface area contributed by atoms with E-state index in [1.807, 2.05) is 19.1 Å². The molecule has 0 bridgehead atoms. The van der Waals surface area contributed by atoms with Crippen molar-refractivity contribution in [1.29, 1.82) is 0 Å². The lowest BCUT2D eigenvalue weighted by atomic mass is 10.2. The van der Waals surface area contributed by atoms with Crippen LogP contribution >= 0.6 is 27.5 Å². The summed E-state index contributed by atoms with van der Waals surface area (Å²) in [5, 5.41) is 3.50. The highest BCUT2D eigenvalue weighted by Crippen LogP contribution is 2.15. The van der Waals surface area contributed by atoms with Gasteiger partial charge < -0.3 is 5.32 Å². The first kappa shape index (κ1) is 12.3. The van der Waals surface area contributed by atoms with Crippen LogP contribution in [0.3, 0.4) is 0 Å². The molecule has 0 aliphatic heterocycles. The third kappa shape index (κ3) is 3.41.